The topological polar surface area (TPSA) is 84.2 Å². The van der Waals surface area contributed by atoms with E-state index in [1.807, 2.05) is 41.9 Å². The van der Waals surface area contributed by atoms with Crippen molar-refractivity contribution in [2.24, 2.45) is 17.8 Å². The van der Waals surface area contributed by atoms with Crippen molar-refractivity contribution in [3.63, 3.8) is 0 Å². The van der Waals surface area contributed by atoms with Crippen LogP contribution in [0.3, 0.4) is 0 Å². The molecule has 1 saturated carbocycles. The van der Waals surface area contributed by atoms with E-state index >= 15 is 0 Å². The Labute approximate surface area is 146 Å². The number of aryl methyl sites for hydroxylation is 1. The molecule has 1 aromatic carbocycles. The summed E-state index contributed by atoms with van der Waals surface area (Å²) in [4.78, 5) is 23.5. The van der Waals surface area contributed by atoms with Gasteiger partial charge in [-0.25, -0.2) is 4.68 Å². The molecular formula is C19H23N3O3. The first kappa shape index (κ1) is 17.2. The van der Waals surface area contributed by atoms with Crippen molar-refractivity contribution in [3.05, 3.63) is 36.0 Å². The van der Waals surface area contributed by atoms with Gasteiger partial charge in [-0.3, -0.25) is 9.59 Å². The normalized spacial score (nSPS) is 19.0. The largest absolute Gasteiger partial charge is 0.481 e. The van der Waals surface area contributed by atoms with Gasteiger partial charge in [0.1, 0.15) is 5.82 Å². The maximum Gasteiger partial charge on any atom is 0.307 e. The number of benzene rings is 1. The highest BCUT2D eigenvalue weighted by Gasteiger charge is 2.48. The van der Waals surface area contributed by atoms with E-state index < -0.39 is 17.8 Å². The van der Waals surface area contributed by atoms with E-state index in [1.165, 1.54) is 0 Å². The Kier molecular flexibility index (Phi) is 4.61. The summed E-state index contributed by atoms with van der Waals surface area (Å²) in [7, 11) is 0. The van der Waals surface area contributed by atoms with Gasteiger partial charge in [-0.2, -0.15) is 5.10 Å². The number of hydrogen-bond acceptors (Lipinski definition) is 3. The molecule has 1 aliphatic carbocycles. The third-order valence-electron chi connectivity index (χ3n) is 4.41. The molecule has 1 amide bonds. The van der Waals surface area contributed by atoms with Crippen molar-refractivity contribution in [1.29, 1.82) is 0 Å². The van der Waals surface area contributed by atoms with Crippen LogP contribution in [0.15, 0.2) is 30.3 Å². The Balaban J connectivity index is 1.95. The highest BCUT2D eigenvalue weighted by atomic mass is 16.4. The van der Waals surface area contributed by atoms with Gasteiger partial charge in [0.25, 0.3) is 0 Å². The Morgan fingerprint density at radius 3 is 2.52 bits per heavy atom. The van der Waals surface area contributed by atoms with Crippen molar-refractivity contribution in [2.45, 2.75) is 33.7 Å². The van der Waals surface area contributed by atoms with Gasteiger partial charge >= 0.3 is 5.97 Å². The van der Waals surface area contributed by atoms with Crippen LogP contribution in [0.2, 0.25) is 0 Å². The first-order valence-corrected chi connectivity index (χ1v) is 8.55. The number of nitrogens with zero attached hydrogens (tertiary/aromatic N) is 2. The number of carbonyl (C=O) groups excluding carboxylic acids is 1. The summed E-state index contributed by atoms with van der Waals surface area (Å²) in [5.41, 5.74) is 2.71. The molecule has 2 N–H and O–H groups in total. The number of aliphatic carboxylic acids is 1. The fraction of sp³-hybridized carbons (Fsp3) is 0.421. The lowest BCUT2D eigenvalue weighted by molar-refractivity contribution is -0.139. The molecule has 0 saturated heterocycles. The summed E-state index contributed by atoms with van der Waals surface area (Å²) in [6, 6.07) is 9.80. The Hall–Kier alpha value is -2.63. The predicted octanol–water partition coefficient (Wildman–Crippen LogP) is 3.17. The maximum atomic E-state index is 12.5. The highest BCUT2D eigenvalue weighted by molar-refractivity contribution is 6.00. The van der Waals surface area contributed by atoms with Crippen molar-refractivity contribution in [3.8, 4) is 11.1 Å². The molecule has 0 bridgehead atoms. The zero-order valence-electron chi connectivity index (χ0n) is 14.7. The molecule has 132 valence electrons. The fourth-order valence-corrected chi connectivity index (χ4v) is 3.10. The number of hydrogen-bond donors (Lipinski definition) is 2. The van der Waals surface area contributed by atoms with Crippen LogP contribution in [0.4, 0.5) is 5.82 Å². The number of anilines is 1. The number of rotatable bonds is 6. The van der Waals surface area contributed by atoms with Crippen molar-refractivity contribution in [2.75, 3.05) is 5.32 Å². The van der Waals surface area contributed by atoms with Gasteiger partial charge in [0, 0.05) is 12.1 Å². The Morgan fingerprint density at radius 2 is 1.96 bits per heavy atom. The van der Waals surface area contributed by atoms with Crippen LogP contribution >= 0.6 is 0 Å². The Bertz CT molecular complexity index is 796. The lowest BCUT2D eigenvalue weighted by atomic mass is 10.1. The van der Waals surface area contributed by atoms with Crippen LogP contribution in [-0.2, 0) is 16.1 Å². The lowest BCUT2D eigenvalue weighted by Crippen LogP contribution is -2.20. The van der Waals surface area contributed by atoms with E-state index in [-0.39, 0.29) is 5.91 Å². The molecule has 1 aliphatic rings. The number of carboxylic acid groups (broad SMARTS) is 1. The van der Waals surface area contributed by atoms with Gasteiger partial charge in [0.05, 0.1) is 17.5 Å². The number of carboxylic acids is 1. The van der Waals surface area contributed by atoms with Crippen molar-refractivity contribution >= 4 is 17.7 Å². The van der Waals surface area contributed by atoms with Crippen LogP contribution < -0.4 is 5.32 Å². The second kappa shape index (κ2) is 6.70. The van der Waals surface area contributed by atoms with Gasteiger partial charge in [-0.05, 0) is 24.8 Å². The van der Waals surface area contributed by atoms with Crippen LogP contribution in [0.5, 0.6) is 0 Å². The average Bonchev–Trinajstić information content (AvgIpc) is 3.30. The van der Waals surface area contributed by atoms with Crippen LogP contribution in [0.1, 0.15) is 26.0 Å². The second-order valence-corrected chi connectivity index (χ2v) is 7.03. The summed E-state index contributed by atoms with van der Waals surface area (Å²) >= 11 is 0. The molecule has 3 rings (SSSR count). The zero-order chi connectivity index (χ0) is 18.1. The summed E-state index contributed by atoms with van der Waals surface area (Å²) < 4.78 is 1.82. The molecule has 0 radical (unpaired) electrons. The lowest BCUT2D eigenvalue weighted by Gasteiger charge is -2.13. The SMILES string of the molecule is Cc1nn(CC(C)C)c(NC(=O)[C@@H]2C[C@H]2C(=O)O)c1-c1ccccc1. The molecule has 0 spiro atoms. The number of carbonyl (C=O) groups is 2. The van der Waals surface area contributed by atoms with Crippen molar-refractivity contribution < 1.29 is 14.7 Å². The van der Waals surface area contributed by atoms with E-state index in [4.69, 9.17) is 5.11 Å². The minimum Gasteiger partial charge on any atom is -0.481 e. The highest BCUT2D eigenvalue weighted by Crippen LogP contribution is 2.40. The van der Waals surface area contributed by atoms with E-state index in [2.05, 4.69) is 24.3 Å². The molecule has 2 atom stereocenters. The first-order valence-electron chi connectivity index (χ1n) is 8.55. The minimum absolute atomic E-state index is 0.241. The molecule has 1 fully saturated rings. The van der Waals surface area contributed by atoms with Gasteiger partial charge in [0.15, 0.2) is 0 Å². The van der Waals surface area contributed by atoms with Gasteiger partial charge in [-0.15, -0.1) is 0 Å². The zero-order valence-corrected chi connectivity index (χ0v) is 14.7. The average molecular weight is 341 g/mol. The molecule has 25 heavy (non-hydrogen) atoms. The van der Waals surface area contributed by atoms with Gasteiger partial charge in [-0.1, -0.05) is 44.2 Å². The molecule has 6 nitrogen and oxygen atoms in total. The smallest absolute Gasteiger partial charge is 0.307 e. The summed E-state index contributed by atoms with van der Waals surface area (Å²) in [6.45, 7) is 6.78. The molecule has 0 aliphatic heterocycles. The molecule has 1 aromatic heterocycles. The summed E-state index contributed by atoms with van der Waals surface area (Å²) in [5.74, 6) is -1.15. The van der Waals surface area contributed by atoms with Gasteiger partial charge < -0.3 is 10.4 Å². The second-order valence-electron chi connectivity index (χ2n) is 7.03. The fourth-order valence-electron chi connectivity index (χ4n) is 3.10. The third kappa shape index (κ3) is 3.57. The quantitative estimate of drug-likeness (QED) is 0.845. The maximum absolute atomic E-state index is 12.5. The summed E-state index contributed by atoms with van der Waals surface area (Å²) in [5, 5.41) is 16.6. The standard InChI is InChI=1S/C19H23N3O3/c1-11(2)10-22-17(20-18(23)14-9-15(14)19(24)25)16(12(3)21-22)13-7-5-4-6-8-13/h4-8,11,14-15H,9-10H2,1-3H3,(H,20,23)(H,24,25)/t14-,15-/m1/s1. The van der Waals surface area contributed by atoms with E-state index in [9.17, 15) is 9.59 Å². The molecule has 2 aromatic rings. The van der Waals surface area contributed by atoms with Crippen LogP contribution in [-0.4, -0.2) is 26.8 Å². The molecule has 0 unspecified atom stereocenters. The Morgan fingerprint density at radius 1 is 1.28 bits per heavy atom. The minimum atomic E-state index is -0.907. The van der Waals surface area contributed by atoms with E-state index in [0.717, 1.165) is 16.8 Å². The molecule has 1 heterocycles. The number of amides is 1. The van der Waals surface area contributed by atoms with E-state index in [0.29, 0.717) is 24.7 Å². The monoisotopic (exact) mass is 341 g/mol. The third-order valence-corrected chi connectivity index (χ3v) is 4.41. The summed E-state index contributed by atoms with van der Waals surface area (Å²) in [6.07, 6.45) is 0.402. The van der Waals surface area contributed by atoms with Crippen molar-refractivity contribution in [1.82, 2.24) is 9.78 Å². The molecular weight excluding hydrogens is 318 g/mol. The first-order chi connectivity index (χ1) is 11.9. The van der Waals surface area contributed by atoms with E-state index in [1.54, 1.807) is 0 Å². The van der Waals surface area contributed by atoms with Crippen LogP contribution in [0, 0.1) is 24.7 Å². The van der Waals surface area contributed by atoms with Crippen LogP contribution in [0.25, 0.3) is 11.1 Å². The molecule has 6 heteroatoms. The van der Waals surface area contributed by atoms with Gasteiger partial charge in [0.2, 0.25) is 5.91 Å². The number of nitrogens with one attached hydrogen (secondary N) is 1. The predicted molar refractivity (Wildman–Crippen MR) is 95.1 cm³/mol. The number of aromatic nitrogens is 2.